The normalized spacial score (nSPS) is 14.2. The van der Waals surface area contributed by atoms with E-state index in [0.29, 0.717) is 9.34 Å². The summed E-state index contributed by atoms with van der Waals surface area (Å²) in [4.78, 5) is 3.78. The minimum atomic E-state index is -4.31. The second-order valence-electron chi connectivity index (χ2n) is 2.73. The van der Waals surface area contributed by atoms with Crippen LogP contribution in [0.15, 0.2) is 6.20 Å². The SMILES string of the molecule is OCC(NCC(F)(F)F)c1ncc(Cl)s1. The molecule has 15 heavy (non-hydrogen) atoms. The molecule has 1 heterocycles. The summed E-state index contributed by atoms with van der Waals surface area (Å²) in [5.74, 6) is 0. The molecule has 0 fully saturated rings. The van der Waals surface area contributed by atoms with Crippen molar-refractivity contribution in [3.63, 3.8) is 0 Å². The average molecular weight is 261 g/mol. The van der Waals surface area contributed by atoms with Gasteiger partial charge in [0.25, 0.3) is 0 Å². The van der Waals surface area contributed by atoms with E-state index < -0.39 is 25.4 Å². The van der Waals surface area contributed by atoms with Gasteiger partial charge < -0.3 is 5.11 Å². The first kappa shape index (κ1) is 12.7. The zero-order chi connectivity index (χ0) is 11.5. The van der Waals surface area contributed by atoms with Gasteiger partial charge in [0.2, 0.25) is 0 Å². The Morgan fingerprint density at radius 3 is 2.67 bits per heavy atom. The number of nitrogens with zero attached hydrogens (tertiary/aromatic N) is 1. The van der Waals surface area contributed by atoms with Gasteiger partial charge in [-0.25, -0.2) is 4.98 Å². The van der Waals surface area contributed by atoms with Crippen LogP contribution in [0.1, 0.15) is 11.0 Å². The molecule has 2 N–H and O–H groups in total. The van der Waals surface area contributed by atoms with Crippen LogP contribution in [0.3, 0.4) is 0 Å². The van der Waals surface area contributed by atoms with Crippen LogP contribution in [0.2, 0.25) is 4.34 Å². The first-order valence-corrected chi connectivity index (χ1v) is 5.14. The lowest BCUT2D eigenvalue weighted by molar-refractivity contribution is -0.126. The van der Waals surface area contributed by atoms with E-state index in [9.17, 15) is 13.2 Å². The molecule has 8 heteroatoms. The molecule has 1 aromatic heterocycles. The fourth-order valence-electron chi connectivity index (χ4n) is 0.897. The standard InChI is InChI=1S/C7H8ClF3N2OS/c8-5-1-12-6(15-5)4(2-14)13-3-7(9,10)11/h1,4,13-14H,2-3H2. The summed E-state index contributed by atoms with van der Waals surface area (Å²) in [6.45, 7) is -1.63. The van der Waals surface area contributed by atoms with Crippen LogP contribution in [0.5, 0.6) is 0 Å². The number of hydrogen-bond donors (Lipinski definition) is 2. The Bertz CT molecular complexity index is 317. The average Bonchev–Trinajstić information content (AvgIpc) is 2.51. The molecule has 0 saturated heterocycles. The second-order valence-corrected chi connectivity index (χ2v) is 4.43. The number of aliphatic hydroxyl groups excluding tert-OH is 1. The fraction of sp³-hybridized carbons (Fsp3) is 0.571. The van der Waals surface area contributed by atoms with Gasteiger partial charge in [-0.2, -0.15) is 13.2 Å². The Morgan fingerprint density at radius 1 is 1.60 bits per heavy atom. The van der Waals surface area contributed by atoms with E-state index in [-0.39, 0.29) is 0 Å². The molecule has 1 atom stereocenters. The van der Waals surface area contributed by atoms with Gasteiger partial charge in [0, 0.05) is 0 Å². The third-order valence-corrected chi connectivity index (χ3v) is 2.75. The third kappa shape index (κ3) is 4.33. The monoisotopic (exact) mass is 260 g/mol. The van der Waals surface area contributed by atoms with Gasteiger partial charge in [0.15, 0.2) is 0 Å². The van der Waals surface area contributed by atoms with Gasteiger partial charge in [-0.15, -0.1) is 11.3 Å². The number of thiazole rings is 1. The van der Waals surface area contributed by atoms with Crippen molar-refractivity contribution in [1.29, 1.82) is 0 Å². The number of halogens is 4. The van der Waals surface area contributed by atoms with E-state index in [2.05, 4.69) is 10.3 Å². The highest BCUT2D eigenvalue weighted by Crippen LogP contribution is 2.24. The van der Waals surface area contributed by atoms with E-state index in [1.54, 1.807) is 0 Å². The summed E-state index contributed by atoms with van der Waals surface area (Å²) in [6.07, 6.45) is -2.98. The van der Waals surface area contributed by atoms with E-state index in [1.165, 1.54) is 6.20 Å². The Hall–Kier alpha value is -0.370. The second kappa shape index (κ2) is 5.11. The van der Waals surface area contributed by atoms with Crippen LogP contribution in [-0.4, -0.2) is 29.4 Å². The Balaban J connectivity index is 2.57. The van der Waals surface area contributed by atoms with Crippen LogP contribution in [0, 0.1) is 0 Å². The molecule has 0 bridgehead atoms. The molecule has 0 aliphatic heterocycles. The first-order chi connectivity index (χ1) is 6.92. The molecule has 3 nitrogen and oxygen atoms in total. The van der Waals surface area contributed by atoms with Crippen LogP contribution in [0.25, 0.3) is 0 Å². The lowest BCUT2D eigenvalue weighted by atomic mass is 10.3. The maximum absolute atomic E-state index is 11.9. The van der Waals surface area contributed by atoms with Crippen LogP contribution >= 0.6 is 22.9 Å². The maximum Gasteiger partial charge on any atom is 0.401 e. The molecule has 0 aliphatic carbocycles. The lowest BCUT2D eigenvalue weighted by Crippen LogP contribution is -2.33. The third-order valence-electron chi connectivity index (χ3n) is 1.52. The molecule has 1 unspecified atom stereocenters. The zero-order valence-electron chi connectivity index (χ0n) is 7.38. The number of rotatable bonds is 4. The van der Waals surface area contributed by atoms with Crippen molar-refractivity contribution in [2.75, 3.05) is 13.2 Å². The highest BCUT2D eigenvalue weighted by molar-refractivity contribution is 7.15. The number of aromatic nitrogens is 1. The molecule has 0 aliphatic rings. The number of nitrogens with one attached hydrogen (secondary N) is 1. The molecule has 0 amide bonds. The van der Waals surface area contributed by atoms with Crippen molar-refractivity contribution < 1.29 is 18.3 Å². The number of aliphatic hydroxyl groups is 1. The molecular formula is C7H8ClF3N2OS. The van der Waals surface area contributed by atoms with Gasteiger partial charge in [0.1, 0.15) is 9.34 Å². The summed E-state index contributed by atoms with van der Waals surface area (Å²) in [7, 11) is 0. The van der Waals surface area contributed by atoms with E-state index in [4.69, 9.17) is 16.7 Å². The molecule has 0 spiro atoms. The summed E-state index contributed by atoms with van der Waals surface area (Å²) >= 11 is 6.61. The van der Waals surface area contributed by atoms with Gasteiger partial charge in [-0.05, 0) is 0 Å². The van der Waals surface area contributed by atoms with Crippen molar-refractivity contribution in [3.05, 3.63) is 15.5 Å². The van der Waals surface area contributed by atoms with E-state index in [0.717, 1.165) is 11.3 Å². The lowest BCUT2D eigenvalue weighted by Gasteiger charge is -2.14. The van der Waals surface area contributed by atoms with Crippen molar-refractivity contribution in [1.82, 2.24) is 10.3 Å². The first-order valence-electron chi connectivity index (χ1n) is 3.94. The smallest absolute Gasteiger partial charge is 0.394 e. The number of alkyl halides is 3. The quantitative estimate of drug-likeness (QED) is 0.870. The summed E-state index contributed by atoms with van der Waals surface area (Å²) in [6, 6.07) is -0.830. The van der Waals surface area contributed by atoms with Gasteiger partial charge in [-0.1, -0.05) is 11.6 Å². The summed E-state index contributed by atoms with van der Waals surface area (Å²) < 4.78 is 36.0. The molecule has 1 aromatic rings. The van der Waals surface area contributed by atoms with E-state index >= 15 is 0 Å². The Kier molecular flexibility index (Phi) is 4.32. The topological polar surface area (TPSA) is 45.1 Å². The molecule has 0 radical (unpaired) electrons. The zero-order valence-corrected chi connectivity index (χ0v) is 8.96. The van der Waals surface area contributed by atoms with Crippen LogP contribution < -0.4 is 5.32 Å². The molecule has 86 valence electrons. The maximum atomic E-state index is 11.9. The van der Waals surface area contributed by atoms with Crippen LogP contribution in [0.4, 0.5) is 13.2 Å². The highest BCUT2D eigenvalue weighted by atomic mass is 35.5. The van der Waals surface area contributed by atoms with Gasteiger partial charge in [-0.3, -0.25) is 5.32 Å². The molecule has 1 rings (SSSR count). The van der Waals surface area contributed by atoms with Crippen molar-refractivity contribution in [2.24, 2.45) is 0 Å². The van der Waals surface area contributed by atoms with E-state index in [1.807, 2.05) is 0 Å². The van der Waals surface area contributed by atoms with Crippen molar-refractivity contribution in [3.8, 4) is 0 Å². The molecule has 0 saturated carbocycles. The van der Waals surface area contributed by atoms with Crippen LogP contribution in [-0.2, 0) is 0 Å². The Morgan fingerprint density at radius 2 is 2.27 bits per heavy atom. The largest absolute Gasteiger partial charge is 0.401 e. The summed E-state index contributed by atoms with van der Waals surface area (Å²) in [5.41, 5.74) is 0. The fourth-order valence-corrected chi connectivity index (χ4v) is 1.89. The van der Waals surface area contributed by atoms with Gasteiger partial charge >= 0.3 is 6.18 Å². The summed E-state index contributed by atoms with van der Waals surface area (Å²) in [5, 5.41) is 11.4. The van der Waals surface area contributed by atoms with Crippen molar-refractivity contribution >= 4 is 22.9 Å². The Labute approximate surface area is 92.9 Å². The highest BCUT2D eigenvalue weighted by Gasteiger charge is 2.28. The van der Waals surface area contributed by atoms with Gasteiger partial charge in [0.05, 0.1) is 25.4 Å². The number of hydrogen-bond acceptors (Lipinski definition) is 4. The predicted octanol–water partition coefficient (Wildman–Crippen LogP) is 1.98. The minimum absolute atomic E-state index is 0.340. The molecule has 0 aromatic carbocycles. The van der Waals surface area contributed by atoms with Crippen molar-refractivity contribution in [2.45, 2.75) is 12.2 Å². The predicted molar refractivity (Wildman–Crippen MR) is 51.0 cm³/mol. The molecular weight excluding hydrogens is 253 g/mol. The minimum Gasteiger partial charge on any atom is -0.394 e.